The first-order chi connectivity index (χ1) is 4.22. The van der Waals surface area contributed by atoms with Crippen molar-refractivity contribution >= 4 is 11.3 Å². The van der Waals surface area contributed by atoms with Crippen LogP contribution in [0.4, 0.5) is 0 Å². The lowest BCUT2D eigenvalue weighted by molar-refractivity contribution is -0.270. The number of rotatable bonds is 0. The van der Waals surface area contributed by atoms with E-state index in [0.717, 1.165) is 0 Å². The molecule has 0 saturated carbocycles. The zero-order valence-corrected chi connectivity index (χ0v) is 5.70. The van der Waals surface area contributed by atoms with E-state index in [9.17, 15) is 9.90 Å². The predicted octanol–water partition coefficient (Wildman–Crippen LogP) is 0.490. The van der Waals surface area contributed by atoms with Crippen LogP contribution < -0.4 is 10.5 Å². The highest BCUT2D eigenvalue weighted by molar-refractivity contribution is 7.09. The van der Waals surface area contributed by atoms with Crippen LogP contribution in [0.3, 0.4) is 0 Å². The van der Waals surface area contributed by atoms with E-state index in [1.807, 2.05) is 0 Å². The van der Waals surface area contributed by atoms with Gasteiger partial charge in [0.25, 0.3) is 0 Å². The van der Waals surface area contributed by atoms with Crippen molar-refractivity contribution in [2.24, 2.45) is 0 Å². The quantitative estimate of drug-likeness (QED) is 0.527. The Balaban J connectivity index is 3.43. The van der Waals surface area contributed by atoms with Crippen LogP contribution in [0.2, 0.25) is 0 Å². The number of hydrogen-bond acceptors (Lipinski definition) is 3. The molecule has 0 N–H and O–H groups in total. The largest absolute Gasteiger partial charge is 0.869 e. The Labute approximate surface area is 56.4 Å². The van der Waals surface area contributed by atoms with Crippen LogP contribution in [0.25, 0.3) is 0 Å². The smallest absolute Gasteiger partial charge is 0.172 e. The van der Waals surface area contributed by atoms with Gasteiger partial charge in [0.15, 0.2) is 5.43 Å². The van der Waals surface area contributed by atoms with Crippen molar-refractivity contribution in [3.63, 3.8) is 0 Å². The third-order valence-electron chi connectivity index (χ3n) is 1.01. The molecule has 0 aliphatic rings. The van der Waals surface area contributed by atoms with Crippen molar-refractivity contribution in [2.45, 2.75) is 6.92 Å². The van der Waals surface area contributed by atoms with Crippen LogP contribution >= 0.6 is 11.3 Å². The van der Waals surface area contributed by atoms with Gasteiger partial charge in [-0.15, -0.1) is 11.3 Å². The maximum atomic E-state index is 10.7. The van der Waals surface area contributed by atoms with Gasteiger partial charge < -0.3 is 5.11 Å². The summed E-state index contributed by atoms with van der Waals surface area (Å²) in [5.41, 5.74) is -0.411. The van der Waals surface area contributed by atoms with Crippen molar-refractivity contribution in [3.05, 3.63) is 26.5 Å². The standard InChI is InChI=1S/C6H6O2S/c1-4-6(8)5(7)2-3-9-4/h2-3,8H,1H3/p-1. The second kappa shape index (κ2) is 2.19. The molecule has 1 heterocycles. The van der Waals surface area contributed by atoms with Crippen molar-refractivity contribution in [2.75, 3.05) is 0 Å². The summed E-state index contributed by atoms with van der Waals surface area (Å²) in [5, 5.41) is 12.3. The molecule has 0 amide bonds. The van der Waals surface area contributed by atoms with E-state index < -0.39 is 5.43 Å². The Bertz CT molecular complexity index is 264. The minimum atomic E-state index is -0.411. The number of aryl methyl sites for hydroxylation is 1. The van der Waals surface area contributed by atoms with Crippen LogP contribution in [0, 0.1) is 6.92 Å². The van der Waals surface area contributed by atoms with Crippen molar-refractivity contribution in [3.8, 4) is 5.75 Å². The first-order valence-electron chi connectivity index (χ1n) is 2.47. The Morgan fingerprint density at radius 2 is 2.33 bits per heavy atom. The summed E-state index contributed by atoms with van der Waals surface area (Å²) < 4.78 is 0. The van der Waals surface area contributed by atoms with Gasteiger partial charge in [-0.1, -0.05) is 0 Å². The predicted molar refractivity (Wildman–Crippen MR) is 34.8 cm³/mol. The molecule has 0 spiro atoms. The van der Waals surface area contributed by atoms with E-state index in [-0.39, 0.29) is 5.75 Å². The normalized spacial score (nSPS) is 9.44. The summed E-state index contributed by atoms with van der Waals surface area (Å²) in [6.45, 7) is 1.65. The Hall–Kier alpha value is -0.830. The molecule has 0 fully saturated rings. The summed E-state index contributed by atoms with van der Waals surface area (Å²) in [5.74, 6) is -0.373. The zero-order valence-electron chi connectivity index (χ0n) is 4.88. The average molecular weight is 141 g/mol. The molecule has 0 radical (unpaired) electrons. The molecular weight excluding hydrogens is 136 g/mol. The van der Waals surface area contributed by atoms with Crippen molar-refractivity contribution in [1.29, 1.82) is 0 Å². The molecule has 2 nitrogen and oxygen atoms in total. The molecule has 0 aromatic carbocycles. The lowest BCUT2D eigenvalue weighted by atomic mass is 10.4. The summed E-state index contributed by atoms with van der Waals surface area (Å²) in [6, 6.07) is 1.29. The first kappa shape index (κ1) is 6.29. The highest BCUT2D eigenvalue weighted by Crippen LogP contribution is 2.09. The molecule has 0 bridgehead atoms. The highest BCUT2D eigenvalue weighted by atomic mass is 32.1. The van der Waals surface area contributed by atoms with Gasteiger partial charge in [0.05, 0.1) is 0 Å². The molecule has 0 aliphatic carbocycles. The SMILES string of the molecule is Cc1sccc(=O)c1[O-]. The zero-order chi connectivity index (χ0) is 6.85. The third kappa shape index (κ3) is 1.10. The van der Waals surface area contributed by atoms with E-state index in [1.54, 1.807) is 12.3 Å². The van der Waals surface area contributed by atoms with Crippen molar-refractivity contribution < 1.29 is 5.11 Å². The summed E-state index contributed by atoms with van der Waals surface area (Å²) in [6.07, 6.45) is 0. The van der Waals surface area contributed by atoms with Gasteiger partial charge in [0, 0.05) is 0 Å². The molecule has 9 heavy (non-hydrogen) atoms. The van der Waals surface area contributed by atoms with Crippen LogP contribution in [0.15, 0.2) is 16.2 Å². The van der Waals surface area contributed by atoms with E-state index in [0.29, 0.717) is 4.88 Å². The summed E-state index contributed by atoms with van der Waals surface area (Å²) >= 11 is 1.30. The minimum absolute atomic E-state index is 0.373. The average Bonchev–Trinajstić information content (AvgIpc) is 1.83. The van der Waals surface area contributed by atoms with Gasteiger partial charge >= 0.3 is 0 Å². The van der Waals surface area contributed by atoms with E-state index in [1.165, 1.54) is 17.4 Å². The maximum Gasteiger partial charge on any atom is 0.172 e. The molecule has 48 valence electrons. The Morgan fingerprint density at radius 1 is 1.67 bits per heavy atom. The molecule has 0 aliphatic heterocycles. The summed E-state index contributed by atoms with van der Waals surface area (Å²) in [4.78, 5) is 11.1. The molecule has 0 saturated heterocycles. The molecule has 3 heteroatoms. The van der Waals surface area contributed by atoms with E-state index >= 15 is 0 Å². The number of hydrogen-bond donors (Lipinski definition) is 0. The van der Waals surface area contributed by atoms with Crippen LogP contribution in [0.1, 0.15) is 4.88 Å². The first-order valence-corrected chi connectivity index (χ1v) is 3.35. The fourth-order valence-electron chi connectivity index (χ4n) is 0.501. The van der Waals surface area contributed by atoms with E-state index in [2.05, 4.69) is 0 Å². The van der Waals surface area contributed by atoms with Gasteiger partial charge in [-0.3, -0.25) is 4.79 Å². The van der Waals surface area contributed by atoms with Crippen LogP contribution in [-0.4, -0.2) is 0 Å². The van der Waals surface area contributed by atoms with E-state index in [4.69, 9.17) is 0 Å². The molecule has 1 aromatic rings. The lowest BCUT2D eigenvalue weighted by Gasteiger charge is -2.03. The van der Waals surface area contributed by atoms with Crippen molar-refractivity contribution in [1.82, 2.24) is 0 Å². The Morgan fingerprint density at radius 3 is 2.78 bits per heavy atom. The topological polar surface area (TPSA) is 40.1 Å². The molecule has 0 atom stereocenters. The summed E-state index contributed by atoms with van der Waals surface area (Å²) in [7, 11) is 0. The molecule has 1 aromatic heterocycles. The molecule has 0 unspecified atom stereocenters. The van der Waals surface area contributed by atoms with Crippen LogP contribution in [-0.2, 0) is 0 Å². The molecular formula is C6H5O2S-. The monoisotopic (exact) mass is 141 g/mol. The van der Waals surface area contributed by atoms with Gasteiger partial charge in [-0.05, 0) is 29.0 Å². The third-order valence-corrected chi connectivity index (χ3v) is 1.82. The fourth-order valence-corrected chi connectivity index (χ4v) is 1.10. The highest BCUT2D eigenvalue weighted by Gasteiger charge is 1.87. The second-order valence-corrected chi connectivity index (χ2v) is 2.79. The molecule has 1 rings (SSSR count). The minimum Gasteiger partial charge on any atom is -0.869 e. The van der Waals surface area contributed by atoms with Gasteiger partial charge in [-0.25, -0.2) is 0 Å². The second-order valence-electron chi connectivity index (χ2n) is 1.67. The Kier molecular flexibility index (Phi) is 1.53. The lowest BCUT2D eigenvalue weighted by Crippen LogP contribution is -2.07. The van der Waals surface area contributed by atoms with Gasteiger partial charge in [0.2, 0.25) is 0 Å². The van der Waals surface area contributed by atoms with Gasteiger partial charge in [0.1, 0.15) is 0 Å². The van der Waals surface area contributed by atoms with Crippen LogP contribution in [0.5, 0.6) is 5.75 Å². The van der Waals surface area contributed by atoms with Gasteiger partial charge in [-0.2, -0.15) is 0 Å². The fraction of sp³-hybridized carbons (Fsp3) is 0.167. The maximum absolute atomic E-state index is 10.7.